The number of halogens is 3. The van der Waals surface area contributed by atoms with E-state index in [1.165, 1.54) is 37.3 Å². The maximum atomic E-state index is 12.3. The molecular weight excluding hydrogens is 376 g/mol. The number of carbonyl (C=O) groups is 2. The minimum absolute atomic E-state index is 0.0141. The normalized spacial score (nSPS) is 14.5. The maximum absolute atomic E-state index is 12.3. The second-order valence-electron chi connectivity index (χ2n) is 5.03. The molecular formula is C16H16ClF2NO6. The molecule has 2 rings (SSSR count). The van der Waals surface area contributed by atoms with Crippen LogP contribution in [0.2, 0.25) is 5.02 Å². The molecule has 0 aliphatic carbocycles. The Kier molecular flexibility index (Phi) is 6.76. The van der Waals surface area contributed by atoms with Gasteiger partial charge in [-0.2, -0.15) is 0 Å². The van der Waals surface area contributed by atoms with Gasteiger partial charge < -0.3 is 23.8 Å². The van der Waals surface area contributed by atoms with Gasteiger partial charge in [0.2, 0.25) is 0 Å². The van der Waals surface area contributed by atoms with Crippen molar-refractivity contribution in [1.82, 2.24) is 0 Å². The first-order valence-electron chi connectivity index (χ1n) is 7.34. The third-order valence-electron chi connectivity index (χ3n) is 3.43. The summed E-state index contributed by atoms with van der Waals surface area (Å²) in [7, 11) is 2.35. The largest absolute Gasteiger partial charge is 0.486 e. The van der Waals surface area contributed by atoms with Crippen LogP contribution < -0.4 is 9.64 Å². The number of nitrogens with zero attached hydrogens (tertiary/aromatic N) is 1. The molecule has 0 unspecified atom stereocenters. The van der Waals surface area contributed by atoms with Crippen molar-refractivity contribution in [3.8, 4) is 5.75 Å². The molecule has 0 fully saturated rings. The molecule has 0 spiro atoms. The van der Waals surface area contributed by atoms with Crippen LogP contribution in [-0.2, 0) is 23.8 Å². The van der Waals surface area contributed by atoms with Crippen LogP contribution >= 0.6 is 11.6 Å². The zero-order valence-corrected chi connectivity index (χ0v) is 14.7. The van der Waals surface area contributed by atoms with Gasteiger partial charge in [-0.15, -0.1) is 0 Å². The lowest BCUT2D eigenvalue weighted by molar-refractivity contribution is -0.140. The Balaban J connectivity index is 2.40. The number of rotatable bonds is 6. The fourth-order valence-corrected chi connectivity index (χ4v) is 2.50. The monoisotopic (exact) mass is 391 g/mol. The number of ether oxygens (including phenoxy) is 4. The van der Waals surface area contributed by atoms with Crippen molar-refractivity contribution in [2.24, 2.45) is 0 Å². The Morgan fingerprint density at radius 1 is 1.27 bits per heavy atom. The number of methoxy groups -OCH3 is 2. The van der Waals surface area contributed by atoms with Crippen LogP contribution in [0.25, 0.3) is 0 Å². The average Bonchev–Trinajstić information content (AvgIpc) is 2.64. The summed E-state index contributed by atoms with van der Waals surface area (Å²) < 4.78 is 44.2. The topological polar surface area (TPSA) is 74.3 Å². The van der Waals surface area contributed by atoms with Crippen molar-refractivity contribution < 1.29 is 37.3 Å². The van der Waals surface area contributed by atoms with Gasteiger partial charge in [0.15, 0.2) is 0 Å². The molecule has 10 heteroatoms. The van der Waals surface area contributed by atoms with Gasteiger partial charge in [0.25, 0.3) is 6.43 Å². The summed E-state index contributed by atoms with van der Waals surface area (Å²) in [6.45, 7) is -0.985. The van der Waals surface area contributed by atoms with Gasteiger partial charge in [-0.05, 0) is 18.2 Å². The highest BCUT2D eigenvalue weighted by atomic mass is 35.5. The standard InChI is InChI=1S/C16H16ClF2NO6/c1-23-15(21)10-6-25-8-20(14(10)16(22)24-2)9-3-4-12(11(17)5-9)26-7-13(18)19/h3-5,13H,6-8H2,1-2H3. The minimum Gasteiger partial charge on any atom is -0.486 e. The Hall–Kier alpha value is -2.39. The molecule has 26 heavy (non-hydrogen) atoms. The number of alkyl halides is 2. The Bertz CT molecular complexity index is 725. The number of benzene rings is 1. The molecule has 1 aromatic rings. The smallest absolute Gasteiger partial charge is 0.355 e. The van der Waals surface area contributed by atoms with Crippen molar-refractivity contribution in [3.63, 3.8) is 0 Å². The quantitative estimate of drug-likeness (QED) is 0.689. The first-order chi connectivity index (χ1) is 12.4. The first-order valence-corrected chi connectivity index (χ1v) is 7.72. The predicted molar refractivity (Wildman–Crippen MR) is 87.3 cm³/mol. The van der Waals surface area contributed by atoms with Gasteiger partial charge in [0, 0.05) is 5.69 Å². The molecule has 0 amide bonds. The van der Waals surface area contributed by atoms with Crippen LogP contribution in [0.15, 0.2) is 29.5 Å². The van der Waals surface area contributed by atoms with E-state index in [2.05, 4.69) is 4.74 Å². The van der Waals surface area contributed by atoms with Crippen LogP contribution in [0.4, 0.5) is 14.5 Å². The van der Waals surface area contributed by atoms with E-state index in [0.717, 1.165) is 0 Å². The summed E-state index contributed by atoms with van der Waals surface area (Å²) in [5.74, 6) is -1.44. The van der Waals surface area contributed by atoms with E-state index < -0.39 is 25.0 Å². The molecule has 0 atom stereocenters. The number of carbonyl (C=O) groups excluding carboxylic acids is 2. The Labute approximate surface area is 153 Å². The average molecular weight is 392 g/mol. The molecule has 0 bridgehead atoms. The molecule has 1 aliphatic heterocycles. The van der Waals surface area contributed by atoms with Crippen molar-refractivity contribution in [2.75, 3.05) is 39.1 Å². The second kappa shape index (κ2) is 8.81. The lowest BCUT2D eigenvalue weighted by Gasteiger charge is -2.31. The molecule has 7 nitrogen and oxygen atoms in total. The lowest BCUT2D eigenvalue weighted by Crippen LogP contribution is -2.38. The summed E-state index contributed by atoms with van der Waals surface area (Å²) in [6, 6.07) is 4.26. The summed E-state index contributed by atoms with van der Waals surface area (Å²) in [4.78, 5) is 25.5. The molecule has 0 aromatic heterocycles. The third-order valence-corrected chi connectivity index (χ3v) is 3.72. The molecule has 1 heterocycles. The third kappa shape index (κ3) is 4.41. The molecule has 142 valence electrons. The van der Waals surface area contributed by atoms with E-state index in [1.54, 1.807) is 0 Å². The van der Waals surface area contributed by atoms with Gasteiger partial charge >= 0.3 is 11.9 Å². The fourth-order valence-electron chi connectivity index (χ4n) is 2.27. The Morgan fingerprint density at radius 3 is 2.54 bits per heavy atom. The second-order valence-corrected chi connectivity index (χ2v) is 5.44. The van der Waals surface area contributed by atoms with Crippen molar-refractivity contribution >= 4 is 29.2 Å². The van der Waals surface area contributed by atoms with Gasteiger partial charge in [-0.1, -0.05) is 11.6 Å². The van der Waals surface area contributed by atoms with Crippen molar-refractivity contribution in [3.05, 3.63) is 34.5 Å². The van der Waals surface area contributed by atoms with Crippen LogP contribution in [-0.4, -0.2) is 52.5 Å². The summed E-state index contributed by atoms with van der Waals surface area (Å²) in [6.07, 6.45) is -2.64. The molecule has 0 N–H and O–H groups in total. The van der Waals surface area contributed by atoms with Gasteiger partial charge in [-0.25, -0.2) is 18.4 Å². The SMILES string of the molecule is COC(=O)C1=C(C(=O)OC)N(c2ccc(OCC(F)F)c(Cl)c2)COC1. The molecule has 0 saturated carbocycles. The maximum Gasteiger partial charge on any atom is 0.355 e. The van der Waals surface area contributed by atoms with E-state index in [4.69, 9.17) is 25.8 Å². The number of anilines is 1. The van der Waals surface area contributed by atoms with Crippen molar-refractivity contribution in [2.45, 2.75) is 6.43 Å². The van der Waals surface area contributed by atoms with Crippen LogP contribution in [0.3, 0.4) is 0 Å². The first kappa shape index (κ1) is 19.9. The number of esters is 2. The van der Waals surface area contributed by atoms with E-state index >= 15 is 0 Å². The Morgan fingerprint density at radius 2 is 1.96 bits per heavy atom. The fraction of sp³-hybridized carbons (Fsp3) is 0.375. The lowest BCUT2D eigenvalue weighted by atomic mass is 10.1. The molecule has 0 radical (unpaired) electrons. The van der Waals surface area contributed by atoms with Crippen molar-refractivity contribution in [1.29, 1.82) is 0 Å². The molecule has 0 saturated heterocycles. The predicted octanol–water partition coefficient (Wildman–Crippen LogP) is 2.38. The highest BCUT2D eigenvalue weighted by molar-refractivity contribution is 6.32. The number of hydrogen-bond acceptors (Lipinski definition) is 7. The van der Waals surface area contributed by atoms with Crippen LogP contribution in [0, 0.1) is 0 Å². The highest BCUT2D eigenvalue weighted by Crippen LogP contribution is 2.33. The van der Waals surface area contributed by atoms with Gasteiger partial charge in [-0.3, -0.25) is 0 Å². The van der Waals surface area contributed by atoms with Crippen LogP contribution in [0.5, 0.6) is 5.75 Å². The van der Waals surface area contributed by atoms with Gasteiger partial charge in [0.1, 0.15) is 24.8 Å². The number of hydrogen-bond donors (Lipinski definition) is 0. The zero-order chi connectivity index (χ0) is 19.3. The zero-order valence-electron chi connectivity index (χ0n) is 14.0. The molecule has 1 aromatic carbocycles. The van der Waals surface area contributed by atoms with E-state index in [1.807, 2.05) is 0 Å². The van der Waals surface area contributed by atoms with Gasteiger partial charge in [0.05, 0.1) is 31.4 Å². The van der Waals surface area contributed by atoms with Crippen LogP contribution in [0.1, 0.15) is 0 Å². The summed E-state index contributed by atoms with van der Waals surface area (Å²) in [5.41, 5.74) is 0.309. The summed E-state index contributed by atoms with van der Waals surface area (Å²) >= 11 is 6.06. The van der Waals surface area contributed by atoms with E-state index in [0.29, 0.717) is 5.69 Å². The minimum atomic E-state index is -2.64. The molecule has 1 aliphatic rings. The van der Waals surface area contributed by atoms with E-state index in [-0.39, 0.29) is 35.4 Å². The highest BCUT2D eigenvalue weighted by Gasteiger charge is 2.32. The van der Waals surface area contributed by atoms with E-state index in [9.17, 15) is 18.4 Å². The summed E-state index contributed by atoms with van der Waals surface area (Å²) in [5, 5.41) is 0.0533.